The van der Waals surface area contributed by atoms with Crippen LogP contribution in [0.25, 0.3) is 0 Å². The number of aromatic nitrogens is 1. The number of nitrogens with zero attached hydrogens (tertiary/aromatic N) is 2. The van der Waals surface area contributed by atoms with Crippen LogP contribution >= 0.6 is 0 Å². The summed E-state index contributed by atoms with van der Waals surface area (Å²) in [6.45, 7) is 1.66. The number of hydrogen-bond donors (Lipinski definition) is 3. The molecule has 2 aliphatic heterocycles. The van der Waals surface area contributed by atoms with Crippen LogP contribution in [-0.2, 0) is 4.79 Å². The summed E-state index contributed by atoms with van der Waals surface area (Å²) in [4.78, 5) is 18.4. The zero-order chi connectivity index (χ0) is 12.5. The van der Waals surface area contributed by atoms with Gasteiger partial charge >= 0.3 is 0 Å². The van der Waals surface area contributed by atoms with Gasteiger partial charge in [0.1, 0.15) is 11.6 Å². The van der Waals surface area contributed by atoms with E-state index in [0.717, 1.165) is 25.2 Å². The second-order valence-electron chi connectivity index (χ2n) is 4.78. The van der Waals surface area contributed by atoms with E-state index in [-0.39, 0.29) is 17.9 Å². The zero-order valence-electron chi connectivity index (χ0n) is 10.1. The quantitative estimate of drug-likeness (QED) is 0.509. The van der Waals surface area contributed by atoms with Crippen LogP contribution in [0.3, 0.4) is 0 Å². The van der Waals surface area contributed by atoms with Gasteiger partial charge in [0.2, 0.25) is 5.91 Å². The van der Waals surface area contributed by atoms with Crippen LogP contribution in [0.15, 0.2) is 18.2 Å². The number of nitrogen functional groups attached to an aromatic ring is 1. The average Bonchev–Trinajstić information content (AvgIpc) is 2.81. The van der Waals surface area contributed by atoms with Crippen molar-refractivity contribution in [2.45, 2.75) is 18.9 Å². The highest BCUT2D eigenvalue weighted by molar-refractivity contribution is 5.83. The molecule has 0 aromatic carbocycles. The highest BCUT2D eigenvalue weighted by Crippen LogP contribution is 2.30. The molecule has 2 unspecified atom stereocenters. The Labute approximate surface area is 106 Å². The van der Waals surface area contributed by atoms with Crippen molar-refractivity contribution in [3.63, 3.8) is 0 Å². The first-order valence-corrected chi connectivity index (χ1v) is 6.27. The summed E-state index contributed by atoms with van der Waals surface area (Å²) in [6.07, 6.45) is 2.00. The van der Waals surface area contributed by atoms with Crippen molar-refractivity contribution < 1.29 is 4.79 Å². The number of hydrazine groups is 1. The van der Waals surface area contributed by atoms with Crippen LogP contribution in [-0.4, -0.2) is 30.0 Å². The number of carbonyl (C=O) groups is 1. The van der Waals surface area contributed by atoms with Crippen molar-refractivity contribution in [3.8, 4) is 0 Å². The molecule has 1 amide bonds. The van der Waals surface area contributed by atoms with Gasteiger partial charge in [-0.05, 0) is 25.0 Å². The fourth-order valence-corrected chi connectivity index (χ4v) is 2.90. The Morgan fingerprint density at radius 3 is 3.22 bits per heavy atom. The van der Waals surface area contributed by atoms with Crippen molar-refractivity contribution in [2.24, 2.45) is 11.8 Å². The molecule has 6 heteroatoms. The Bertz CT molecular complexity index is 464. The molecule has 1 aromatic rings. The monoisotopic (exact) mass is 247 g/mol. The summed E-state index contributed by atoms with van der Waals surface area (Å²) in [5.74, 6) is 7.20. The van der Waals surface area contributed by atoms with Gasteiger partial charge in [0.15, 0.2) is 0 Å². The molecule has 0 radical (unpaired) electrons. The van der Waals surface area contributed by atoms with Gasteiger partial charge in [-0.25, -0.2) is 10.8 Å². The number of pyridine rings is 1. The Morgan fingerprint density at radius 1 is 1.50 bits per heavy atom. The van der Waals surface area contributed by atoms with Gasteiger partial charge < -0.3 is 15.6 Å². The van der Waals surface area contributed by atoms with Gasteiger partial charge in [-0.2, -0.15) is 0 Å². The van der Waals surface area contributed by atoms with E-state index in [2.05, 4.69) is 20.6 Å². The Morgan fingerprint density at radius 2 is 2.39 bits per heavy atom. The maximum atomic E-state index is 11.7. The summed E-state index contributed by atoms with van der Waals surface area (Å²) in [5, 5.41) is 2.94. The Kier molecular flexibility index (Phi) is 2.79. The second kappa shape index (κ2) is 4.45. The minimum atomic E-state index is 0.107. The van der Waals surface area contributed by atoms with Crippen LogP contribution in [0, 0.1) is 5.92 Å². The predicted octanol–water partition coefficient (Wildman–Crippen LogP) is 0.0820. The molecule has 3 rings (SSSR count). The number of amides is 1. The normalized spacial score (nSPS) is 26.7. The van der Waals surface area contributed by atoms with E-state index in [0.29, 0.717) is 12.4 Å². The van der Waals surface area contributed by atoms with Gasteiger partial charge in [0, 0.05) is 13.1 Å². The molecule has 1 aromatic heterocycles. The molecule has 0 spiro atoms. The molecule has 2 atom stereocenters. The number of carbonyl (C=O) groups excluding carboxylic acids is 1. The van der Waals surface area contributed by atoms with E-state index >= 15 is 0 Å². The summed E-state index contributed by atoms with van der Waals surface area (Å²) in [7, 11) is 0. The second-order valence-corrected chi connectivity index (χ2v) is 4.78. The average molecular weight is 247 g/mol. The lowest BCUT2D eigenvalue weighted by Crippen LogP contribution is -2.46. The molecule has 18 heavy (non-hydrogen) atoms. The van der Waals surface area contributed by atoms with E-state index in [1.165, 1.54) is 0 Å². The largest absolute Gasteiger partial charge is 0.354 e. The van der Waals surface area contributed by atoms with E-state index in [9.17, 15) is 4.79 Å². The number of hydrogen-bond acceptors (Lipinski definition) is 5. The van der Waals surface area contributed by atoms with E-state index in [4.69, 9.17) is 5.84 Å². The molecule has 96 valence electrons. The maximum Gasteiger partial charge on any atom is 0.225 e. The highest BCUT2D eigenvalue weighted by atomic mass is 16.2. The van der Waals surface area contributed by atoms with Gasteiger partial charge in [-0.1, -0.05) is 6.07 Å². The smallest absolute Gasteiger partial charge is 0.225 e. The molecular formula is C12H17N5O. The number of nitrogens with one attached hydrogen (secondary N) is 2. The molecular weight excluding hydrogens is 230 g/mol. The summed E-state index contributed by atoms with van der Waals surface area (Å²) in [5.41, 5.74) is 2.55. The third-order valence-corrected chi connectivity index (χ3v) is 3.78. The first-order valence-electron chi connectivity index (χ1n) is 6.27. The van der Waals surface area contributed by atoms with Crippen LogP contribution in [0.2, 0.25) is 0 Å². The highest BCUT2D eigenvalue weighted by Gasteiger charge is 2.41. The first kappa shape index (κ1) is 11.3. The summed E-state index contributed by atoms with van der Waals surface area (Å²) in [6, 6.07) is 5.94. The SMILES string of the molecule is NNc1cccc(N2CCCC3C(=O)NCC32)n1. The molecule has 4 N–H and O–H groups in total. The summed E-state index contributed by atoms with van der Waals surface area (Å²) < 4.78 is 0. The van der Waals surface area contributed by atoms with Crippen LogP contribution in [0.1, 0.15) is 12.8 Å². The van der Waals surface area contributed by atoms with Gasteiger partial charge in [-0.3, -0.25) is 4.79 Å². The maximum absolute atomic E-state index is 11.7. The minimum absolute atomic E-state index is 0.107. The topological polar surface area (TPSA) is 83.3 Å². The molecule has 2 saturated heterocycles. The molecule has 0 bridgehead atoms. The molecule has 0 saturated carbocycles. The van der Waals surface area contributed by atoms with Crippen molar-refractivity contribution in [2.75, 3.05) is 23.4 Å². The lowest BCUT2D eigenvalue weighted by atomic mass is 9.91. The molecule has 0 aliphatic carbocycles. The third kappa shape index (κ3) is 1.78. The third-order valence-electron chi connectivity index (χ3n) is 3.78. The molecule has 2 aliphatic rings. The minimum Gasteiger partial charge on any atom is -0.354 e. The summed E-state index contributed by atoms with van der Waals surface area (Å²) >= 11 is 0. The van der Waals surface area contributed by atoms with Crippen molar-refractivity contribution in [3.05, 3.63) is 18.2 Å². The molecule has 6 nitrogen and oxygen atoms in total. The van der Waals surface area contributed by atoms with E-state index < -0.39 is 0 Å². The Hall–Kier alpha value is -1.82. The van der Waals surface area contributed by atoms with Crippen LogP contribution < -0.4 is 21.5 Å². The van der Waals surface area contributed by atoms with Gasteiger partial charge in [-0.15, -0.1) is 0 Å². The standard InChI is InChI=1S/C12H17N5O/c13-16-10-4-1-5-11(15-10)17-6-2-3-8-9(17)7-14-12(8)18/h1,4-5,8-9H,2-3,6-7,13H2,(H,14,18)(H,15,16). The molecule has 2 fully saturated rings. The van der Waals surface area contributed by atoms with Crippen LogP contribution in [0.4, 0.5) is 11.6 Å². The van der Waals surface area contributed by atoms with Crippen molar-refractivity contribution >= 4 is 17.5 Å². The fraction of sp³-hybridized carbons (Fsp3) is 0.500. The lowest BCUT2D eigenvalue weighted by molar-refractivity contribution is -0.122. The molecule has 3 heterocycles. The van der Waals surface area contributed by atoms with Crippen molar-refractivity contribution in [1.29, 1.82) is 0 Å². The number of piperidine rings is 1. The Balaban J connectivity index is 1.88. The van der Waals surface area contributed by atoms with E-state index in [1.807, 2.05) is 18.2 Å². The number of nitrogens with two attached hydrogens (primary N) is 1. The number of anilines is 2. The van der Waals surface area contributed by atoms with Gasteiger partial charge in [0.25, 0.3) is 0 Å². The van der Waals surface area contributed by atoms with E-state index in [1.54, 1.807) is 0 Å². The van der Waals surface area contributed by atoms with Crippen molar-refractivity contribution in [1.82, 2.24) is 10.3 Å². The predicted molar refractivity (Wildman–Crippen MR) is 68.9 cm³/mol. The first-order chi connectivity index (χ1) is 8.79. The lowest BCUT2D eigenvalue weighted by Gasteiger charge is -2.36. The van der Waals surface area contributed by atoms with Crippen LogP contribution in [0.5, 0.6) is 0 Å². The zero-order valence-corrected chi connectivity index (χ0v) is 10.1. The van der Waals surface area contributed by atoms with Gasteiger partial charge in [0.05, 0.1) is 12.0 Å². The fourth-order valence-electron chi connectivity index (χ4n) is 2.90. The number of fused-ring (bicyclic) bond motifs is 1. The number of rotatable bonds is 2.